The number of aliphatic carboxylic acids is 1. The van der Waals surface area contributed by atoms with E-state index >= 15 is 0 Å². The summed E-state index contributed by atoms with van der Waals surface area (Å²) in [7, 11) is 0. The van der Waals surface area contributed by atoms with Crippen LogP contribution in [-0.4, -0.2) is 65.0 Å². The molecule has 0 saturated heterocycles. The Morgan fingerprint density at radius 3 is 1.93 bits per heavy atom. The second-order valence-corrected chi connectivity index (χ2v) is 9.02. The predicted octanol–water partition coefficient (Wildman–Crippen LogP) is 0.718. The predicted molar refractivity (Wildman–Crippen MR) is 119 cm³/mol. The van der Waals surface area contributed by atoms with E-state index in [1.165, 1.54) is 18.7 Å². The zero-order chi connectivity index (χ0) is 23.4. The Kier molecular flexibility index (Phi) is 13.4. The molecule has 0 fully saturated rings. The number of carbonyl (C=O) groups is 4. The summed E-state index contributed by atoms with van der Waals surface area (Å²) in [5.74, 6) is -2.13. The molecule has 0 aliphatic carbocycles. The number of carbonyl (C=O) groups excluding carboxylic acids is 3. The summed E-state index contributed by atoms with van der Waals surface area (Å²) in [6, 6.07) is -3.55. The number of hydrogen-bond acceptors (Lipinski definition) is 6. The van der Waals surface area contributed by atoms with Crippen LogP contribution in [-0.2, 0) is 19.2 Å². The third-order valence-electron chi connectivity index (χ3n) is 4.77. The molecule has 0 rings (SSSR count). The van der Waals surface area contributed by atoms with Crippen LogP contribution in [0.3, 0.4) is 0 Å². The summed E-state index contributed by atoms with van der Waals surface area (Å²) >= 11 is 1.53. The van der Waals surface area contributed by atoms with E-state index in [1.807, 2.05) is 27.0 Å². The van der Waals surface area contributed by atoms with Crippen LogP contribution >= 0.6 is 11.8 Å². The van der Waals surface area contributed by atoms with Gasteiger partial charge < -0.3 is 26.8 Å². The first-order chi connectivity index (χ1) is 13.9. The molecular weight excluding hydrogens is 408 g/mol. The quantitative estimate of drug-likeness (QED) is 0.264. The van der Waals surface area contributed by atoms with Crippen molar-refractivity contribution in [3.63, 3.8) is 0 Å². The number of rotatable bonds is 14. The summed E-state index contributed by atoms with van der Waals surface area (Å²) in [6.45, 7) is 8.94. The molecule has 9 nitrogen and oxygen atoms in total. The summed E-state index contributed by atoms with van der Waals surface area (Å²) in [4.78, 5) is 49.2. The van der Waals surface area contributed by atoms with Crippen LogP contribution in [0.1, 0.15) is 53.9 Å². The lowest BCUT2D eigenvalue weighted by atomic mass is 9.96. The van der Waals surface area contributed by atoms with Crippen molar-refractivity contribution in [2.45, 2.75) is 78.0 Å². The molecule has 0 aliphatic rings. The van der Waals surface area contributed by atoms with Crippen LogP contribution in [0, 0.1) is 11.8 Å². The molecule has 6 N–H and O–H groups in total. The average Bonchev–Trinajstić information content (AvgIpc) is 2.66. The number of amides is 3. The average molecular weight is 447 g/mol. The van der Waals surface area contributed by atoms with E-state index in [4.69, 9.17) is 5.73 Å². The standard InChI is InChI=1S/C20H38N4O5S/c1-7-12(4)16(19(27)23-15(20(28)29)10-11(2)3)24-18(26)14(8-9-30-6)22-17(25)13(5)21/h11-16H,7-10,21H2,1-6H3,(H,22,25)(H,23,27)(H,24,26)(H,28,29). The summed E-state index contributed by atoms with van der Waals surface area (Å²) in [6.07, 6.45) is 3.15. The Morgan fingerprint density at radius 1 is 0.933 bits per heavy atom. The van der Waals surface area contributed by atoms with E-state index in [-0.39, 0.29) is 18.3 Å². The number of nitrogens with two attached hydrogens (primary N) is 1. The van der Waals surface area contributed by atoms with Crippen LogP contribution in [0.15, 0.2) is 0 Å². The number of thioether (sulfide) groups is 1. The van der Waals surface area contributed by atoms with Crippen molar-refractivity contribution in [1.82, 2.24) is 16.0 Å². The monoisotopic (exact) mass is 446 g/mol. The normalized spacial score (nSPS) is 16.1. The zero-order valence-corrected chi connectivity index (χ0v) is 19.7. The van der Waals surface area contributed by atoms with Crippen molar-refractivity contribution in [3.05, 3.63) is 0 Å². The lowest BCUT2D eigenvalue weighted by Gasteiger charge is -2.28. The summed E-state index contributed by atoms with van der Waals surface area (Å²) in [5, 5.41) is 17.3. The second kappa shape index (κ2) is 14.2. The van der Waals surface area contributed by atoms with E-state index in [1.54, 1.807) is 6.92 Å². The highest BCUT2D eigenvalue weighted by molar-refractivity contribution is 7.98. The molecular formula is C20H38N4O5S. The minimum atomic E-state index is -1.12. The van der Waals surface area contributed by atoms with Gasteiger partial charge in [-0.15, -0.1) is 0 Å². The second-order valence-electron chi connectivity index (χ2n) is 8.03. The van der Waals surface area contributed by atoms with Crippen LogP contribution < -0.4 is 21.7 Å². The van der Waals surface area contributed by atoms with Crippen LogP contribution in [0.5, 0.6) is 0 Å². The van der Waals surface area contributed by atoms with Gasteiger partial charge in [-0.1, -0.05) is 34.1 Å². The van der Waals surface area contributed by atoms with Gasteiger partial charge in [0.1, 0.15) is 18.1 Å². The molecule has 0 aromatic heterocycles. The number of hydrogen-bond donors (Lipinski definition) is 5. The lowest BCUT2D eigenvalue weighted by molar-refractivity contribution is -0.143. The maximum atomic E-state index is 12.9. The summed E-state index contributed by atoms with van der Waals surface area (Å²) in [5.41, 5.74) is 5.59. The topological polar surface area (TPSA) is 151 Å². The number of carboxylic acids is 1. The molecule has 0 aliphatic heterocycles. The van der Waals surface area contributed by atoms with Crippen molar-refractivity contribution in [3.8, 4) is 0 Å². The van der Waals surface area contributed by atoms with Crippen molar-refractivity contribution in [1.29, 1.82) is 0 Å². The molecule has 0 aromatic rings. The molecule has 10 heteroatoms. The molecule has 0 aromatic carbocycles. The first-order valence-corrected chi connectivity index (χ1v) is 11.7. The first kappa shape index (κ1) is 28.2. The summed E-state index contributed by atoms with van der Waals surface area (Å²) < 4.78 is 0. The first-order valence-electron chi connectivity index (χ1n) is 10.3. The fourth-order valence-electron chi connectivity index (χ4n) is 2.72. The van der Waals surface area contributed by atoms with Gasteiger partial charge in [-0.05, 0) is 43.6 Å². The fourth-order valence-corrected chi connectivity index (χ4v) is 3.19. The molecule has 5 atom stereocenters. The molecule has 0 spiro atoms. The maximum absolute atomic E-state index is 12.9. The smallest absolute Gasteiger partial charge is 0.326 e. The zero-order valence-electron chi connectivity index (χ0n) is 18.9. The van der Waals surface area contributed by atoms with E-state index < -0.39 is 47.9 Å². The SMILES string of the molecule is CCC(C)C(NC(=O)C(CCSC)NC(=O)C(C)N)C(=O)NC(CC(C)C)C(=O)O. The fraction of sp³-hybridized carbons (Fsp3) is 0.800. The molecule has 0 bridgehead atoms. The Hall–Kier alpha value is -1.81. The molecule has 174 valence electrons. The van der Waals surface area contributed by atoms with Gasteiger partial charge in [-0.25, -0.2) is 4.79 Å². The molecule has 3 amide bonds. The Labute approximate surface area is 183 Å². The third-order valence-corrected chi connectivity index (χ3v) is 5.42. The van der Waals surface area contributed by atoms with Crippen LogP contribution in [0.2, 0.25) is 0 Å². The van der Waals surface area contributed by atoms with Crippen LogP contribution in [0.4, 0.5) is 0 Å². The highest BCUT2D eigenvalue weighted by atomic mass is 32.2. The van der Waals surface area contributed by atoms with E-state index in [0.717, 1.165) is 0 Å². The highest BCUT2D eigenvalue weighted by Crippen LogP contribution is 2.12. The molecule has 0 radical (unpaired) electrons. The molecule has 0 heterocycles. The van der Waals surface area contributed by atoms with Crippen molar-refractivity contribution in [2.75, 3.05) is 12.0 Å². The lowest BCUT2D eigenvalue weighted by Crippen LogP contribution is -2.58. The Morgan fingerprint density at radius 2 is 1.50 bits per heavy atom. The van der Waals surface area contributed by atoms with Gasteiger partial charge in [0.2, 0.25) is 17.7 Å². The van der Waals surface area contributed by atoms with Crippen molar-refractivity contribution in [2.24, 2.45) is 17.6 Å². The minimum absolute atomic E-state index is 0.0763. The number of carboxylic acid groups (broad SMARTS) is 1. The van der Waals surface area contributed by atoms with E-state index in [9.17, 15) is 24.3 Å². The Balaban J connectivity index is 5.43. The van der Waals surface area contributed by atoms with Gasteiger partial charge in [0.25, 0.3) is 0 Å². The van der Waals surface area contributed by atoms with Gasteiger partial charge in [0.05, 0.1) is 6.04 Å². The van der Waals surface area contributed by atoms with Gasteiger partial charge >= 0.3 is 5.97 Å². The van der Waals surface area contributed by atoms with E-state index in [2.05, 4.69) is 16.0 Å². The van der Waals surface area contributed by atoms with Gasteiger partial charge in [-0.3, -0.25) is 14.4 Å². The molecule has 0 saturated carbocycles. The Bertz CT molecular complexity index is 586. The minimum Gasteiger partial charge on any atom is -0.480 e. The highest BCUT2D eigenvalue weighted by Gasteiger charge is 2.32. The largest absolute Gasteiger partial charge is 0.480 e. The van der Waals surface area contributed by atoms with E-state index in [0.29, 0.717) is 18.6 Å². The van der Waals surface area contributed by atoms with Crippen molar-refractivity contribution >= 4 is 35.5 Å². The third kappa shape index (κ3) is 10.3. The molecule has 30 heavy (non-hydrogen) atoms. The number of nitrogens with one attached hydrogen (secondary N) is 3. The maximum Gasteiger partial charge on any atom is 0.326 e. The van der Waals surface area contributed by atoms with Gasteiger partial charge in [-0.2, -0.15) is 11.8 Å². The van der Waals surface area contributed by atoms with Gasteiger partial charge in [0, 0.05) is 0 Å². The van der Waals surface area contributed by atoms with Crippen LogP contribution in [0.25, 0.3) is 0 Å². The molecule has 5 unspecified atom stereocenters. The van der Waals surface area contributed by atoms with Crippen molar-refractivity contribution < 1.29 is 24.3 Å². The van der Waals surface area contributed by atoms with Gasteiger partial charge in [0.15, 0.2) is 0 Å².